The quantitative estimate of drug-likeness (QED) is 0.781. The molecule has 3 heteroatoms. The molecule has 1 aliphatic heterocycles. The van der Waals surface area contributed by atoms with Crippen molar-refractivity contribution in [3.05, 3.63) is 58.6 Å². The fraction of sp³-hybridized carbons (Fsp3) is 0.200. The molecule has 2 nitrogen and oxygen atoms in total. The van der Waals surface area contributed by atoms with Crippen LogP contribution in [0.4, 0.5) is 11.4 Å². The van der Waals surface area contributed by atoms with Gasteiger partial charge in [-0.25, -0.2) is 0 Å². The molecule has 1 atom stereocenters. The summed E-state index contributed by atoms with van der Waals surface area (Å²) < 4.78 is 0. The summed E-state index contributed by atoms with van der Waals surface area (Å²) >= 11 is 6.08. The Morgan fingerprint density at radius 3 is 2.78 bits per heavy atom. The van der Waals surface area contributed by atoms with Crippen LogP contribution in [0.25, 0.3) is 0 Å². The lowest BCUT2D eigenvalue weighted by Crippen LogP contribution is -2.14. The fourth-order valence-electron chi connectivity index (χ4n) is 2.63. The molecule has 1 heterocycles. The molecule has 18 heavy (non-hydrogen) atoms. The average Bonchev–Trinajstić information content (AvgIpc) is 2.47. The third-order valence-electron chi connectivity index (χ3n) is 3.54. The van der Waals surface area contributed by atoms with E-state index in [1.165, 1.54) is 22.5 Å². The van der Waals surface area contributed by atoms with Gasteiger partial charge in [-0.05, 0) is 41.8 Å². The van der Waals surface area contributed by atoms with Gasteiger partial charge in [-0.3, -0.25) is 0 Å². The minimum Gasteiger partial charge on any atom is -0.344 e. The fourth-order valence-corrected chi connectivity index (χ4v) is 2.82. The number of fused-ring (bicyclic) bond motifs is 2. The molecule has 0 radical (unpaired) electrons. The average molecular weight is 259 g/mol. The number of benzene rings is 2. The van der Waals surface area contributed by atoms with E-state index < -0.39 is 0 Å². The number of nitrogens with zero attached hydrogens (tertiary/aromatic N) is 1. The first-order valence-corrected chi connectivity index (χ1v) is 6.41. The van der Waals surface area contributed by atoms with Crippen LogP contribution >= 0.6 is 11.6 Å². The van der Waals surface area contributed by atoms with E-state index in [0.29, 0.717) is 0 Å². The zero-order valence-electron chi connectivity index (χ0n) is 10.2. The Morgan fingerprint density at radius 1 is 1.17 bits per heavy atom. The molecule has 2 aromatic carbocycles. The maximum absolute atomic E-state index is 6.30. The van der Waals surface area contributed by atoms with Crippen LogP contribution < -0.4 is 10.6 Å². The zero-order chi connectivity index (χ0) is 12.7. The van der Waals surface area contributed by atoms with Crippen LogP contribution in [0, 0.1) is 0 Å². The maximum Gasteiger partial charge on any atom is 0.0456 e. The van der Waals surface area contributed by atoms with E-state index in [9.17, 15) is 0 Å². The molecule has 0 fully saturated rings. The number of hydrogen-bond acceptors (Lipinski definition) is 2. The highest BCUT2D eigenvalue weighted by Gasteiger charge is 2.22. The molecule has 0 saturated carbocycles. The summed E-state index contributed by atoms with van der Waals surface area (Å²) in [5.41, 5.74) is 11.0. The summed E-state index contributed by atoms with van der Waals surface area (Å²) in [7, 11) is 2.07. The van der Waals surface area contributed by atoms with E-state index in [0.717, 1.165) is 11.4 Å². The topological polar surface area (TPSA) is 29.3 Å². The molecule has 1 aliphatic rings. The van der Waals surface area contributed by atoms with Crippen molar-refractivity contribution in [2.45, 2.75) is 12.5 Å². The first kappa shape index (κ1) is 11.6. The van der Waals surface area contributed by atoms with E-state index in [-0.39, 0.29) is 6.04 Å². The third-order valence-corrected chi connectivity index (χ3v) is 3.78. The summed E-state index contributed by atoms with van der Waals surface area (Å²) in [6.07, 6.45) is 0.817. The van der Waals surface area contributed by atoms with Crippen molar-refractivity contribution in [1.29, 1.82) is 0 Å². The van der Waals surface area contributed by atoms with E-state index in [1.54, 1.807) is 0 Å². The molecule has 0 amide bonds. The number of para-hydroxylation sites is 1. The molecular weight excluding hydrogens is 244 g/mol. The predicted molar refractivity (Wildman–Crippen MR) is 76.6 cm³/mol. The molecule has 0 saturated heterocycles. The summed E-state index contributed by atoms with van der Waals surface area (Å²) in [6, 6.07) is 14.3. The van der Waals surface area contributed by atoms with Gasteiger partial charge in [0.15, 0.2) is 0 Å². The van der Waals surface area contributed by atoms with Gasteiger partial charge in [0.1, 0.15) is 0 Å². The molecule has 0 aromatic heterocycles. The Hall–Kier alpha value is -1.51. The van der Waals surface area contributed by atoms with Crippen molar-refractivity contribution in [2.24, 2.45) is 5.73 Å². The van der Waals surface area contributed by atoms with E-state index >= 15 is 0 Å². The number of anilines is 2. The predicted octanol–water partition coefficient (Wildman–Crippen LogP) is 3.66. The highest BCUT2D eigenvalue weighted by molar-refractivity contribution is 6.30. The molecule has 2 N–H and O–H groups in total. The molecule has 1 unspecified atom stereocenters. The van der Waals surface area contributed by atoms with Crippen molar-refractivity contribution < 1.29 is 0 Å². The van der Waals surface area contributed by atoms with Gasteiger partial charge < -0.3 is 10.6 Å². The van der Waals surface area contributed by atoms with Gasteiger partial charge in [0.2, 0.25) is 0 Å². The zero-order valence-corrected chi connectivity index (χ0v) is 11.0. The van der Waals surface area contributed by atoms with Crippen LogP contribution in [0.5, 0.6) is 0 Å². The lowest BCUT2D eigenvalue weighted by Gasteiger charge is -2.22. The molecule has 0 spiro atoms. The Bertz CT molecular complexity index is 595. The van der Waals surface area contributed by atoms with Crippen LogP contribution in [0.15, 0.2) is 42.5 Å². The standard InChI is InChI=1S/C15H15ClN2/c1-18-14-7-6-11(16)8-10(14)9-13(17)12-4-2-3-5-15(12)18/h2-8,13H,9,17H2,1H3. The molecule has 2 aromatic rings. The van der Waals surface area contributed by atoms with E-state index in [2.05, 4.69) is 30.1 Å². The molecule has 3 rings (SSSR count). The van der Waals surface area contributed by atoms with E-state index in [4.69, 9.17) is 17.3 Å². The highest BCUT2D eigenvalue weighted by Crippen LogP contribution is 2.38. The van der Waals surface area contributed by atoms with Gasteiger partial charge in [-0.2, -0.15) is 0 Å². The second-order valence-electron chi connectivity index (χ2n) is 4.70. The number of rotatable bonds is 0. The summed E-state index contributed by atoms with van der Waals surface area (Å²) in [5, 5.41) is 0.764. The first-order chi connectivity index (χ1) is 8.66. The van der Waals surface area contributed by atoms with Gasteiger partial charge in [0.25, 0.3) is 0 Å². The molecule has 92 valence electrons. The van der Waals surface area contributed by atoms with Crippen molar-refractivity contribution in [1.82, 2.24) is 0 Å². The van der Waals surface area contributed by atoms with Crippen LogP contribution in [-0.2, 0) is 6.42 Å². The number of nitrogens with two attached hydrogens (primary N) is 1. The summed E-state index contributed by atoms with van der Waals surface area (Å²) in [6.45, 7) is 0. The maximum atomic E-state index is 6.30. The monoisotopic (exact) mass is 258 g/mol. The summed E-state index contributed by atoms with van der Waals surface area (Å²) in [5.74, 6) is 0. The van der Waals surface area contributed by atoms with Gasteiger partial charge in [-0.15, -0.1) is 0 Å². The normalized spacial score (nSPS) is 17.9. The lowest BCUT2D eigenvalue weighted by molar-refractivity contribution is 0.730. The van der Waals surface area contributed by atoms with Crippen LogP contribution in [0.2, 0.25) is 5.02 Å². The first-order valence-electron chi connectivity index (χ1n) is 6.03. The Kier molecular flexibility index (Phi) is 2.77. The van der Waals surface area contributed by atoms with Gasteiger partial charge >= 0.3 is 0 Å². The lowest BCUT2D eigenvalue weighted by atomic mass is 10.00. The van der Waals surface area contributed by atoms with Crippen LogP contribution in [0.3, 0.4) is 0 Å². The van der Waals surface area contributed by atoms with E-state index in [1.807, 2.05) is 24.3 Å². The van der Waals surface area contributed by atoms with Crippen LogP contribution in [0.1, 0.15) is 17.2 Å². The van der Waals surface area contributed by atoms with Gasteiger partial charge in [0, 0.05) is 29.5 Å². The van der Waals surface area contributed by atoms with Crippen molar-refractivity contribution in [2.75, 3.05) is 11.9 Å². The molecule has 0 aliphatic carbocycles. The largest absolute Gasteiger partial charge is 0.344 e. The van der Waals surface area contributed by atoms with Crippen molar-refractivity contribution in [3.63, 3.8) is 0 Å². The Labute approximate surface area is 112 Å². The Balaban J connectivity index is 2.21. The smallest absolute Gasteiger partial charge is 0.0456 e. The number of hydrogen-bond donors (Lipinski definition) is 1. The SMILES string of the molecule is CN1c2ccc(Cl)cc2CC(N)c2ccccc21. The van der Waals surface area contributed by atoms with Crippen molar-refractivity contribution in [3.8, 4) is 0 Å². The third kappa shape index (κ3) is 1.78. The molecule has 0 bridgehead atoms. The van der Waals surface area contributed by atoms with Crippen LogP contribution in [-0.4, -0.2) is 7.05 Å². The van der Waals surface area contributed by atoms with Gasteiger partial charge in [0.05, 0.1) is 0 Å². The highest BCUT2D eigenvalue weighted by atomic mass is 35.5. The minimum absolute atomic E-state index is 0.0170. The van der Waals surface area contributed by atoms with Gasteiger partial charge in [-0.1, -0.05) is 29.8 Å². The minimum atomic E-state index is 0.0170. The van der Waals surface area contributed by atoms with Crippen molar-refractivity contribution >= 4 is 23.0 Å². The Morgan fingerprint density at radius 2 is 1.94 bits per heavy atom. The second kappa shape index (κ2) is 4.30. The molecular formula is C15H15ClN2. The summed E-state index contributed by atoms with van der Waals surface area (Å²) in [4.78, 5) is 2.19. The second-order valence-corrected chi connectivity index (χ2v) is 5.14. The number of halogens is 1.